The molecule has 0 saturated carbocycles. The molecule has 0 spiro atoms. The Hall–Kier alpha value is 0.440. The summed E-state index contributed by atoms with van der Waals surface area (Å²) in [6.45, 7) is 10.3. The molecule has 0 radical (unpaired) electrons. The summed E-state index contributed by atoms with van der Waals surface area (Å²) < 4.78 is 0. The van der Waals surface area contributed by atoms with Gasteiger partial charge in [-0.15, -0.1) is 0 Å². The normalized spacial score (nSPS) is 14.1. The van der Waals surface area contributed by atoms with Crippen molar-refractivity contribution in [2.75, 3.05) is 11.9 Å². The van der Waals surface area contributed by atoms with E-state index in [0.29, 0.717) is 12.0 Å². The van der Waals surface area contributed by atoms with E-state index >= 15 is 0 Å². The molecule has 2 heteroatoms. The van der Waals surface area contributed by atoms with Crippen molar-refractivity contribution in [3.63, 3.8) is 0 Å². The van der Waals surface area contributed by atoms with Crippen molar-refractivity contribution >= 4 is 15.9 Å². The summed E-state index contributed by atoms with van der Waals surface area (Å²) in [5.41, 5.74) is 0. The third-order valence-corrected chi connectivity index (χ3v) is 3.49. The average molecular weight is 250 g/mol. The van der Waals surface area contributed by atoms with Crippen LogP contribution in [0.15, 0.2) is 0 Å². The van der Waals surface area contributed by atoms with Gasteiger partial charge in [-0.05, 0) is 18.4 Å². The van der Waals surface area contributed by atoms with Gasteiger partial charge in [-0.2, -0.15) is 0 Å². The van der Waals surface area contributed by atoms with E-state index in [-0.39, 0.29) is 0 Å². The maximum absolute atomic E-state index is 3.62. The molecule has 0 amide bonds. The smallest absolute Gasteiger partial charge is 0.0188 e. The van der Waals surface area contributed by atoms with Crippen molar-refractivity contribution < 1.29 is 0 Å². The van der Waals surface area contributed by atoms with Crippen molar-refractivity contribution in [1.29, 1.82) is 0 Å². The summed E-state index contributed by atoms with van der Waals surface area (Å²) in [5.74, 6) is 1.56. The number of alkyl halides is 1. The van der Waals surface area contributed by atoms with Crippen LogP contribution >= 0.6 is 15.9 Å². The van der Waals surface area contributed by atoms with Gasteiger partial charge in [0.2, 0.25) is 0 Å². The number of nitrogens with one attached hydrogen (secondary N) is 1. The minimum Gasteiger partial charge on any atom is -0.313 e. The van der Waals surface area contributed by atoms with E-state index in [9.17, 15) is 0 Å². The van der Waals surface area contributed by atoms with Crippen molar-refractivity contribution in [3.8, 4) is 0 Å². The highest BCUT2D eigenvalue weighted by atomic mass is 79.9. The van der Waals surface area contributed by atoms with Crippen LogP contribution in [-0.4, -0.2) is 17.9 Å². The van der Waals surface area contributed by atoms with Crippen LogP contribution < -0.4 is 5.32 Å². The summed E-state index contributed by atoms with van der Waals surface area (Å²) in [4.78, 5) is 0. The summed E-state index contributed by atoms with van der Waals surface area (Å²) >= 11 is 3.55. The topological polar surface area (TPSA) is 12.0 Å². The zero-order chi connectivity index (χ0) is 10.3. The third kappa shape index (κ3) is 5.69. The molecule has 0 saturated heterocycles. The maximum Gasteiger partial charge on any atom is 0.0188 e. The lowest BCUT2D eigenvalue weighted by Crippen LogP contribution is -2.38. The Labute approximate surface area is 91.8 Å². The van der Waals surface area contributed by atoms with Crippen LogP contribution in [0.5, 0.6) is 0 Å². The van der Waals surface area contributed by atoms with E-state index in [2.05, 4.69) is 48.9 Å². The average Bonchev–Trinajstić information content (AvgIpc) is 2.12. The second-order valence-corrected chi connectivity index (χ2v) is 4.74. The molecule has 1 atom stereocenters. The standard InChI is InChI=1S/C11H24BrN/c1-5-10(6-2)8-13-11(7-12)9(3)4/h9-11,13H,5-8H2,1-4H3. The molecule has 1 nitrogen and oxygen atoms in total. The molecule has 1 N–H and O–H groups in total. The monoisotopic (exact) mass is 249 g/mol. The fourth-order valence-electron chi connectivity index (χ4n) is 1.36. The quantitative estimate of drug-likeness (QED) is 0.682. The molecular weight excluding hydrogens is 226 g/mol. The van der Waals surface area contributed by atoms with Crippen LogP contribution in [-0.2, 0) is 0 Å². The van der Waals surface area contributed by atoms with E-state index in [0.717, 1.165) is 11.2 Å². The number of halogens is 1. The fourth-order valence-corrected chi connectivity index (χ4v) is 2.34. The van der Waals surface area contributed by atoms with Crippen molar-refractivity contribution in [1.82, 2.24) is 5.32 Å². The number of hydrogen-bond donors (Lipinski definition) is 1. The molecule has 0 bridgehead atoms. The van der Waals surface area contributed by atoms with E-state index in [1.54, 1.807) is 0 Å². The molecular formula is C11H24BrN. The molecule has 0 rings (SSSR count). The van der Waals surface area contributed by atoms with Crippen molar-refractivity contribution in [2.45, 2.75) is 46.6 Å². The Bertz CT molecular complexity index is 111. The van der Waals surface area contributed by atoms with E-state index in [1.165, 1.54) is 19.4 Å². The molecule has 0 aromatic carbocycles. The Kier molecular flexibility index (Phi) is 8.07. The minimum atomic E-state index is 0.626. The van der Waals surface area contributed by atoms with Gasteiger partial charge in [-0.25, -0.2) is 0 Å². The SMILES string of the molecule is CCC(CC)CNC(CBr)C(C)C. The Morgan fingerprint density at radius 2 is 1.69 bits per heavy atom. The molecule has 13 heavy (non-hydrogen) atoms. The first-order valence-corrected chi connectivity index (χ1v) is 6.57. The van der Waals surface area contributed by atoms with Crippen LogP contribution in [0.25, 0.3) is 0 Å². The van der Waals surface area contributed by atoms with Gasteiger partial charge in [0.15, 0.2) is 0 Å². The lowest BCUT2D eigenvalue weighted by atomic mass is 10.0. The third-order valence-electron chi connectivity index (χ3n) is 2.79. The molecule has 1 unspecified atom stereocenters. The Morgan fingerprint density at radius 3 is 2.00 bits per heavy atom. The van der Waals surface area contributed by atoms with Crippen LogP contribution in [0.3, 0.4) is 0 Å². The molecule has 0 aliphatic heterocycles. The molecule has 80 valence electrons. The highest BCUT2D eigenvalue weighted by Gasteiger charge is 2.12. The van der Waals surface area contributed by atoms with Gasteiger partial charge >= 0.3 is 0 Å². The highest BCUT2D eigenvalue weighted by molar-refractivity contribution is 9.09. The minimum absolute atomic E-state index is 0.626. The van der Waals surface area contributed by atoms with E-state index < -0.39 is 0 Å². The zero-order valence-electron chi connectivity index (χ0n) is 9.44. The first-order valence-electron chi connectivity index (χ1n) is 5.44. The second kappa shape index (κ2) is 7.81. The van der Waals surface area contributed by atoms with E-state index in [4.69, 9.17) is 0 Å². The van der Waals surface area contributed by atoms with Crippen LogP contribution in [0, 0.1) is 11.8 Å². The van der Waals surface area contributed by atoms with Crippen LogP contribution in [0.1, 0.15) is 40.5 Å². The first-order chi connectivity index (χ1) is 6.15. The largest absolute Gasteiger partial charge is 0.313 e. The Morgan fingerprint density at radius 1 is 1.15 bits per heavy atom. The lowest BCUT2D eigenvalue weighted by Gasteiger charge is -2.23. The summed E-state index contributed by atoms with van der Waals surface area (Å²) in [6, 6.07) is 0.626. The maximum atomic E-state index is 3.62. The summed E-state index contributed by atoms with van der Waals surface area (Å²) in [6.07, 6.45) is 2.58. The van der Waals surface area contributed by atoms with Gasteiger partial charge in [-0.3, -0.25) is 0 Å². The lowest BCUT2D eigenvalue weighted by molar-refractivity contribution is 0.374. The van der Waals surface area contributed by atoms with Crippen molar-refractivity contribution in [2.24, 2.45) is 11.8 Å². The molecule has 0 aliphatic carbocycles. The highest BCUT2D eigenvalue weighted by Crippen LogP contribution is 2.09. The predicted molar refractivity (Wildman–Crippen MR) is 64.5 cm³/mol. The fraction of sp³-hybridized carbons (Fsp3) is 1.00. The van der Waals surface area contributed by atoms with E-state index in [1.807, 2.05) is 0 Å². The molecule has 0 aliphatic rings. The van der Waals surface area contributed by atoms with Gasteiger partial charge in [-0.1, -0.05) is 56.5 Å². The molecule has 0 fully saturated rings. The van der Waals surface area contributed by atoms with Crippen LogP contribution in [0.2, 0.25) is 0 Å². The van der Waals surface area contributed by atoms with Gasteiger partial charge in [0.25, 0.3) is 0 Å². The van der Waals surface area contributed by atoms with Gasteiger partial charge in [0.05, 0.1) is 0 Å². The summed E-state index contributed by atoms with van der Waals surface area (Å²) in [5, 5.41) is 4.68. The molecule has 0 aromatic rings. The summed E-state index contributed by atoms with van der Waals surface area (Å²) in [7, 11) is 0. The van der Waals surface area contributed by atoms with Gasteiger partial charge < -0.3 is 5.32 Å². The number of hydrogen-bond acceptors (Lipinski definition) is 1. The molecule has 0 heterocycles. The zero-order valence-corrected chi connectivity index (χ0v) is 11.0. The Balaban J connectivity index is 3.69. The predicted octanol–water partition coefficient (Wildman–Crippen LogP) is 3.43. The number of rotatable bonds is 7. The second-order valence-electron chi connectivity index (χ2n) is 4.10. The van der Waals surface area contributed by atoms with Gasteiger partial charge in [0.1, 0.15) is 0 Å². The first kappa shape index (κ1) is 13.4. The molecule has 0 aromatic heterocycles. The van der Waals surface area contributed by atoms with Crippen molar-refractivity contribution in [3.05, 3.63) is 0 Å². The van der Waals surface area contributed by atoms with Crippen LogP contribution in [0.4, 0.5) is 0 Å². The van der Waals surface area contributed by atoms with Gasteiger partial charge in [0, 0.05) is 11.4 Å².